The van der Waals surface area contributed by atoms with E-state index in [0.717, 1.165) is 11.1 Å². The van der Waals surface area contributed by atoms with Gasteiger partial charge in [0.25, 0.3) is 0 Å². The third-order valence-electron chi connectivity index (χ3n) is 1.95. The van der Waals surface area contributed by atoms with Crippen LogP contribution in [0.1, 0.15) is 22.9 Å². The van der Waals surface area contributed by atoms with Gasteiger partial charge in [0.2, 0.25) is 0 Å². The molecule has 0 aliphatic carbocycles. The molecule has 1 aromatic carbocycles. The summed E-state index contributed by atoms with van der Waals surface area (Å²) in [5.74, 6) is 0.0513. The number of halogens is 1. The normalized spacial score (nSPS) is 11.8. The highest BCUT2D eigenvalue weighted by molar-refractivity contribution is 9.09. The first kappa shape index (κ1) is 10.9. The summed E-state index contributed by atoms with van der Waals surface area (Å²) >= 11 is 3.31. The number of carbonyl (C=O) groups is 1. The van der Waals surface area contributed by atoms with E-state index in [-0.39, 0.29) is 10.6 Å². The van der Waals surface area contributed by atoms with Gasteiger partial charge in [-0.3, -0.25) is 4.79 Å². The van der Waals surface area contributed by atoms with Crippen molar-refractivity contribution in [3.63, 3.8) is 0 Å². The number of nitrogens with zero attached hydrogens (tertiary/aromatic N) is 1. The van der Waals surface area contributed by atoms with Gasteiger partial charge < -0.3 is 0 Å². The Balaban J connectivity index is 3.07. The Bertz CT molecular complexity index is 381. The smallest absolute Gasteiger partial charge is 0.147 e. The molecule has 0 saturated carbocycles. The van der Waals surface area contributed by atoms with E-state index in [4.69, 9.17) is 5.26 Å². The number of ketones is 1. The molecule has 1 rings (SSSR count). The van der Waals surface area contributed by atoms with Crippen LogP contribution in [-0.2, 0) is 11.2 Å². The van der Waals surface area contributed by atoms with Crippen molar-refractivity contribution in [3.8, 4) is 6.07 Å². The topological polar surface area (TPSA) is 40.9 Å². The van der Waals surface area contributed by atoms with Crippen molar-refractivity contribution >= 4 is 21.7 Å². The second-order valence-electron chi connectivity index (χ2n) is 3.01. The Kier molecular flexibility index (Phi) is 3.84. The zero-order valence-electron chi connectivity index (χ0n) is 7.83. The van der Waals surface area contributed by atoms with E-state index in [2.05, 4.69) is 22.0 Å². The van der Waals surface area contributed by atoms with Crippen LogP contribution < -0.4 is 0 Å². The number of nitriles is 1. The lowest BCUT2D eigenvalue weighted by molar-refractivity contribution is -0.116. The molecule has 0 saturated heterocycles. The highest BCUT2D eigenvalue weighted by Gasteiger charge is 2.15. The molecule has 0 aliphatic rings. The summed E-state index contributed by atoms with van der Waals surface area (Å²) in [4.78, 5) is 10.9. The first-order valence-corrected chi connectivity index (χ1v) is 5.17. The number of hydrogen-bond acceptors (Lipinski definition) is 2. The molecular weight excluding hydrogens is 242 g/mol. The van der Waals surface area contributed by atoms with Crippen molar-refractivity contribution in [1.82, 2.24) is 0 Å². The molecule has 0 aromatic heterocycles. The lowest BCUT2D eigenvalue weighted by atomic mass is 10.0. The SMILES string of the molecule is CC(=O)C(Br)c1ccccc1CC#N. The molecule has 1 unspecified atom stereocenters. The lowest BCUT2D eigenvalue weighted by Gasteiger charge is -2.10. The number of hydrogen-bond donors (Lipinski definition) is 0. The Labute approximate surface area is 91.7 Å². The zero-order valence-corrected chi connectivity index (χ0v) is 9.41. The van der Waals surface area contributed by atoms with E-state index in [9.17, 15) is 4.79 Å². The predicted molar refractivity (Wildman–Crippen MR) is 58.1 cm³/mol. The number of carbonyl (C=O) groups excluding carboxylic acids is 1. The van der Waals surface area contributed by atoms with Crippen molar-refractivity contribution in [1.29, 1.82) is 5.26 Å². The van der Waals surface area contributed by atoms with Gasteiger partial charge in [0, 0.05) is 0 Å². The summed E-state index contributed by atoms with van der Waals surface area (Å²) in [5, 5.41) is 8.61. The van der Waals surface area contributed by atoms with Gasteiger partial charge in [-0.25, -0.2) is 0 Å². The van der Waals surface area contributed by atoms with Crippen LogP contribution in [0.4, 0.5) is 0 Å². The van der Waals surface area contributed by atoms with Crippen molar-refractivity contribution in [2.24, 2.45) is 0 Å². The fourth-order valence-electron chi connectivity index (χ4n) is 1.25. The van der Waals surface area contributed by atoms with Crippen LogP contribution in [0.5, 0.6) is 0 Å². The Morgan fingerprint density at radius 3 is 2.79 bits per heavy atom. The molecule has 0 aliphatic heterocycles. The molecule has 2 nitrogen and oxygen atoms in total. The third-order valence-corrected chi connectivity index (χ3v) is 3.09. The molecule has 0 radical (unpaired) electrons. The summed E-state index contributed by atoms with van der Waals surface area (Å²) in [5.41, 5.74) is 1.80. The number of Topliss-reactive ketones (excluding diaryl/α,β-unsaturated/α-hetero) is 1. The van der Waals surface area contributed by atoms with Crippen molar-refractivity contribution in [2.75, 3.05) is 0 Å². The summed E-state index contributed by atoms with van der Waals surface area (Å²) in [6.45, 7) is 1.53. The van der Waals surface area contributed by atoms with Gasteiger partial charge in [-0.15, -0.1) is 0 Å². The Morgan fingerprint density at radius 2 is 2.21 bits per heavy atom. The van der Waals surface area contributed by atoms with Crippen LogP contribution in [-0.4, -0.2) is 5.78 Å². The van der Waals surface area contributed by atoms with Crippen molar-refractivity contribution in [3.05, 3.63) is 35.4 Å². The molecule has 0 heterocycles. The average molecular weight is 252 g/mol. The summed E-state index contributed by atoms with van der Waals surface area (Å²) in [7, 11) is 0. The fourth-order valence-corrected chi connectivity index (χ4v) is 1.69. The van der Waals surface area contributed by atoms with Crippen LogP contribution in [0.2, 0.25) is 0 Å². The van der Waals surface area contributed by atoms with Crippen molar-refractivity contribution in [2.45, 2.75) is 18.2 Å². The quantitative estimate of drug-likeness (QED) is 0.776. The van der Waals surface area contributed by atoms with Crippen LogP contribution in [0.15, 0.2) is 24.3 Å². The van der Waals surface area contributed by atoms with Crippen molar-refractivity contribution < 1.29 is 4.79 Å². The first-order valence-electron chi connectivity index (χ1n) is 4.26. The van der Waals surface area contributed by atoms with Gasteiger partial charge in [-0.05, 0) is 18.1 Å². The highest BCUT2D eigenvalue weighted by atomic mass is 79.9. The molecule has 0 amide bonds. The lowest BCUT2D eigenvalue weighted by Crippen LogP contribution is -2.04. The van der Waals surface area contributed by atoms with Crippen LogP contribution in [0, 0.1) is 11.3 Å². The largest absolute Gasteiger partial charge is 0.298 e. The molecule has 1 aromatic rings. The molecule has 0 spiro atoms. The molecule has 14 heavy (non-hydrogen) atoms. The monoisotopic (exact) mass is 251 g/mol. The van der Waals surface area contributed by atoms with Gasteiger partial charge in [-0.2, -0.15) is 5.26 Å². The fraction of sp³-hybridized carbons (Fsp3) is 0.273. The Hall–Kier alpha value is -1.14. The standard InChI is InChI=1S/C11H10BrNO/c1-8(14)11(12)10-5-3-2-4-9(10)6-7-13/h2-5,11H,6H2,1H3. The van der Waals surface area contributed by atoms with E-state index in [1.54, 1.807) is 0 Å². The van der Waals surface area contributed by atoms with Crippen LogP contribution in [0.3, 0.4) is 0 Å². The number of rotatable bonds is 3. The molecule has 3 heteroatoms. The molecule has 0 fully saturated rings. The zero-order chi connectivity index (χ0) is 10.6. The van der Waals surface area contributed by atoms with E-state index in [0.29, 0.717) is 6.42 Å². The minimum atomic E-state index is -0.299. The second kappa shape index (κ2) is 4.92. The van der Waals surface area contributed by atoms with Gasteiger partial charge in [-0.1, -0.05) is 40.2 Å². The minimum Gasteiger partial charge on any atom is -0.298 e. The van der Waals surface area contributed by atoms with Gasteiger partial charge in [0.05, 0.1) is 17.3 Å². The number of benzene rings is 1. The Morgan fingerprint density at radius 1 is 1.57 bits per heavy atom. The second-order valence-corrected chi connectivity index (χ2v) is 3.92. The third kappa shape index (κ3) is 2.43. The van der Waals surface area contributed by atoms with Crippen LogP contribution >= 0.6 is 15.9 Å². The maximum atomic E-state index is 11.2. The summed E-state index contributed by atoms with van der Waals surface area (Å²) in [6, 6.07) is 9.56. The van der Waals surface area contributed by atoms with E-state index in [1.165, 1.54) is 6.92 Å². The van der Waals surface area contributed by atoms with E-state index >= 15 is 0 Å². The van der Waals surface area contributed by atoms with E-state index < -0.39 is 0 Å². The molecule has 0 N–H and O–H groups in total. The summed E-state index contributed by atoms with van der Waals surface area (Å²) < 4.78 is 0. The average Bonchev–Trinajstić information content (AvgIpc) is 2.18. The number of alkyl halides is 1. The maximum Gasteiger partial charge on any atom is 0.147 e. The van der Waals surface area contributed by atoms with Gasteiger partial charge in [0.1, 0.15) is 5.78 Å². The maximum absolute atomic E-state index is 11.2. The highest BCUT2D eigenvalue weighted by Crippen LogP contribution is 2.26. The van der Waals surface area contributed by atoms with Gasteiger partial charge >= 0.3 is 0 Å². The minimum absolute atomic E-state index is 0.0513. The van der Waals surface area contributed by atoms with Crippen LogP contribution in [0.25, 0.3) is 0 Å². The van der Waals surface area contributed by atoms with E-state index in [1.807, 2.05) is 24.3 Å². The molecule has 0 bridgehead atoms. The summed E-state index contributed by atoms with van der Waals surface area (Å²) in [6.07, 6.45) is 0.339. The first-order chi connectivity index (χ1) is 6.66. The molecule has 72 valence electrons. The predicted octanol–water partition coefficient (Wildman–Crippen LogP) is 2.78. The molecular formula is C11H10BrNO. The van der Waals surface area contributed by atoms with Gasteiger partial charge in [0.15, 0.2) is 0 Å². The molecule has 1 atom stereocenters.